The van der Waals surface area contributed by atoms with Crippen LogP contribution in [0.5, 0.6) is 0 Å². The molecule has 0 aliphatic carbocycles. The molecule has 0 saturated carbocycles. The number of hydrogen-bond acceptors (Lipinski definition) is 9. The van der Waals surface area contributed by atoms with Gasteiger partial charge in [-0.15, -0.1) is 0 Å². The maximum Gasteiger partial charge on any atom is 1.00 e. The van der Waals surface area contributed by atoms with E-state index in [1.54, 1.807) is 48.5 Å². The van der Waals surface area contributed by atoms with Crippen LogP contribution in [0.25, 0.3) is 0 Å². The molecule has 0 spiro atoms. The van der Waals surface area contributed by atoms with E-state index >= 15 is 0 Å². The van der Waals surface area contributed by atoms with Crippen LogP contribution in [0.3, 0.4) is 0 Å². The summed E-state index contributed by atoms with van der Waals surface area (Å²) in [5.74, 6) is -2.20. The molecule has 11 heteroatoms. The molecule has 0 aromatic heterocycles. The molecule has 28 heavy (non-hydrogen) atoms. The topological polar surface area (TPSA) is 150 Å². The molecule has 2 aromatic rings. The minimum Gasteiger partial charge on any atom is -0.652 e. The van der Waals surface area contributed by atoms with Crippen LogP contribution in [-0.4, -0.2) is 30.0 Å². The maximum absolute atomic E-state index is 10.8. The molecule has 9 nitrogen and oxygen atoms in total. The largest absolute Gasteiger partial charge is 1.00 e. The summed E-state index contributed by atoms with van der Waals surface area (Å²) in [7, 11) is 0. The number of ether oxygens (including phenoxy) is 2. The zero-order valence-corrected chi connectivity index (χ0v) is 21.0. The average molecular weight is 434 g/mol. The van der Waals surface area contributed by atoms with Crippen molar-refractivity contribution in [2.45, 2.75) is 0 Å². The third-order valence-corrected chi connectivity index (χ3v) is 3.10. The van der Waals surface area contributed by atoms with E-state index in [0.29, 0.717) is 22.3 Å². The zero-order chi connectivity index (χ0) is 19.3. The number of carboxylic acid groups (broad SMARTS) is 2. The van der Waals surface area contributed by atoms with Gasteiger partial charge in [0.2, 0.25) is 0 Å². The van der Waals surface area contributed by atoms with Crippen molar-refractivity contribution in [1.29, 1.82) is 0 Å². The molecule has 0 fully saturated rings. The number of benzene rings is 2. The van der Waals surface area contributed by atoms with Crippen molar-refractivity contribution in [3.8, 4) is 0 Å². The second kappa shape index (κ2) is 12.7. The summed E-state index contributed by atoms with van der Waals surface area (Å²) in [6.07, 6.45) is -2.33. The SMILES string of the molecule is O=C([O-])[O-].O=C1OC(=O)c2ccccc21.O=C1OC(=O)c2ccccc21.[K+].[K+]. The molecule has 0 unspecified atom stereocenters. The number of hydrogen-bond donors (Lipinski definition) is 0. The van der Waals surface area contributed by atoms with Gasteiger partial charge in [-0.3, -0.25) is 0 Å². The summed E-state index contributed by atoms with van der Waals surface area (Å²) in [5.41, 5.74) is 1.44. The minimum atomic E-state index is -2.33. The van der Waals surface area contributed by atoms with E-state index in [9.17, 15) is 19.2 Å². The fraction of sp³-hybridized carbons (Fsp3) is 0. The Morgan fingerprint density at radius 1 is 0.571 bits per heavy atom. The first-order chi connectivity index (χ1) is 12.3. The van der Waals surface area contributed by atoms with Crippen molar-refractivity contribution in [2.75, 3.05) is 0 Å². The summed E-state index contributed by atoms with van der Waals surface area (Å²) >= 11 is 0. The van der Waals surface area contributed by atoms with Crippen LogP contribution in [0.2, 0.25) is 0 Å². The number of cyclic esters (lactones) is 4. The van der Waals surface area contributed by atoms with Gasteiger partial charge in [0.25, 0.3) is 0 Å². The molecule has 0 amide bonds. The summed E-state index contributed by atoms with van der Waals surface area (Å²) < 4.78 is 8.71. The van der Waals surface area contributed by atoms with E-state index < -0.39 is 30.0 Å². The Bertz CT molecular complexity index is 785. The van der Waals surface area contributed by atoms with Crippen LogP contribution in [0.15, 0.2) is 48.5 Å². The monoisotopic (exact) mass is 434 g/mol. The number of carbonyl (C=O) groups is 5. The summed E-state index contributed by atoms with van der Waals surface area (Å²) in [6.45, 7) is 0. The van der Waals surface area contributed by atoms with Crippen LogP contribution in [0.4, 0.5) is 4.79 Å². The summed E-state index contributed by atoms with van der Waals surface area (Å²) in [4.78, 5) is 51.7. The Balaban J connectivity index is 0.000000415. The first kappa shape index (κ1) is 27.3. The van der Waals surface area contributed by atoms with Crippen molar-refractivity contribution >= 4 is 30.0 Å². The third-order valence-electron chi connectivity index (χ3n) is 3.10. The Labute approximate surface area is 243 Å². The minimum absolute atomic E-state index is 0. The molecule has 4 rings (SSSR count). The van der Waals surface area contributed by atoms with Crippen molar-refractivity contribution < 1.29 is 146 Å². The van der Waals surface area contributed by atoms with Gasteiger partial charge in [-0.1, -0.05) is 24.3 Å². The second-order valence-electron chi connectivity index (χ2n) is 4.70. The Morgan fingerprint density at radius 3 is 0.929 bits per heavy atom. The van der Waals surface area contributed by atoms with E-state index in [0.717, 1.165) is 0 Å². The molecule has 2 aromatic carbocycles. The van der Waals surface area contributed by atoms with Crippen LogP contribution < -0.4 is 113 Å². The fourth-order valence-electron chi connectivity index (χ4n) is 2.07. The van der Waals surface area contributed by atoms with E-state index in [-0.39, 0.29) is 103 Å². The summed E-state index contributed by atoms with van der Waals surface area (Å²) in [6, 6.07) is 13.1. The van der Waals surface area contributed by atoms with Crippen LogP contribution in [0.1, 0.15) is 41.4 Å². The van der Waals surface area contributed by atoms with Gasteiger partial charge < -0.3 is 24.5 Å². The molecular formula is C17H8K2O9. The van der Waals surface area contributed by atoms with Gasteiger partial charge >= 0.3 is 127 Å². The Hall–Kier alpha value is -0.737. The third kappa shape index (κ3) is 7.26. The molecular weight excluding hydrogens is 426 g/mol. The molecule has 2 heterocycles. The van der Waals surface area contributed by atoms with Crippen LogP contribution in [0, 0.1) is 0 Å². The van der Waals surface area contributed by atoms with Gasteiger partial charge in [0.15, 0.2) is 0 Å². The van der Waals surface area contributed by atoms with Gasteiger partial charge in [0, 0.05) is 0 Å². The molecule has 0 bridgehead atoms. The summed E-state index contributed by atoms with van der Waals surface area (Å²) in [5, 5.41) is 16.7. The average Bonchev–Trinajstić information content (AvgIpc) is 3.05. The van der Waals surface area contributed by atoms with E-state index in [4.69, 9.17) is 15.0 Å². The van der Waals surface area contributed by atoms with Gasteiger partial charge in [-0.25, -0.2) is 19.2 Å². The quantitative estimate of drug-likeness (QED) is 0.224. The smallest absolute Gasteiger partial charge is 0.652 e. The van der Waals surface area contributed by atoms with E-state index in [1.165, 1.54) is 0 Å². The predicted octanol–water partition coefficient (Wildman–Crippen LogP) is -6.44. The van der Waals surface area contributed by atoms with E-state index in [1.807, 2.05) is 0 Å². The van der Waals surface area contributed by atoms with Crippen molar-refractivity contribution in [1.82, 2.24) is 0 Å². The van der Waals surface area contributed by atoms with Crippen LogP contribution in [-0.2, 0) is 9.47 Å². The molecule has 0 atom stereocenters. The molecule has 0 N–H and O–H groups in total. The standard InChI is InChI=1S/2C8H4O3.CH2O3.2K/c2*9-7-5-3-1-2-4-6(5)8(10)11-7;2-1(3)4;;/h2*1-4H;(H2,2,3,4);;/q;;;2*+1/p-2. The van der Waals surface area contributed by atoms with Gasteiger partial charge in [0.05, 0.1) is 22.3 Å². The molecule has 0 radical (unpaired) electrons. The Morgan fingerprint density at radius 2 is 0.750 bits per heavy atom. The van der Waals surface area contributed by atoms with Crippen molar-refractivity contribution in [3.63, 3.8) is 0 Å². The van der Waals surface area contributed by atoms with Gasteiger partial charge in [-0.05, 0) is 30.4 Å². The number of esters is 4. The molecule has 132 valence electrons. The molecule has 2 aliphatic rings. The first-order valence-corrected chi connectivity index (χ1v) is 6.90. The number of rotatable bonds is 0. The second-order valence-corrected chi connectivity index (χ2v) is 4.70. The molecule has 0 saturated heterocycles. The van der Waals surface area contributed by atoms with Gasteiger partial charge in [0.1, 0.15) is 0 Å². The normalized spacial score (nSPS) is 12.3. The predicted molar refractivity (Wildman–Crippen MR) is 77.8 cm³/mol. The fourth-order valence-corrected chi connectivity index (χ4v) is 2.07. The number of fused-ring (bicyclic) bond motifs is 2. The van der Waals surface area contributed by atoms with Crippen molar-refractivity contribution in [3.05, 3.63) is 70.8 Å². The first-order valence-electron chi connectivity index (χ1n) is 6.90. The van der Waals surface area contributed by atoms with Gasteiger partial charge in [-0.2, -0.15) is 0 Å². The van der Waals surface area contributed by atoms with Crippen LogP contribution >= 0.6 is 0 Å². The van der Waals surface area contributed by atoms with E-state index in [2.05, 4.69) is 9.47 Å². The molecule has 2 aliphatic heterocycles. The Kier molecular flexibility index (Phi) is 12.4. The van der Waals surface area contributed by atoms with Crippen molar-refractivity contribution in [2.24, 2.45) is 0 Å². The zero-order valence-electron chi connectivity index (χ0n) is 14.8. The number of carbonyl (C=O) groups excluding carboxylic acids is 5. The maximum atomic E-state index is 10.8.